The van der Waals surface area contributed by atoms with Crippen LogP contribution in [-0.2, 0) is 12.8 Å². The number of hydrogen-bond donors (Lipinski definition) is 2. The molecule has 2 heteroatoms. The molecular formula is C15H22N2. The van der Waals surface area contributed by atoms with E-state index < -0.39 is 0 Å². The summed E-state index contributed by atoms with van der Waals surface area (Å²) in [5.74, 6) is 0. The first-order valence-corrected chi connectivity index (χ1v) is 6.95. The monoisotopic (exact) mass is 230 g/mol. The molecule has 2 nitrogen and oxygen atoms in total. The van der Waals surface area contributed by atoms with Gasteiger partial charge in [-0.2, -0.15) is 0 Å². The molecule has 1 heterocycles. The summed E-state index contributed by atoms with van der Waals surface area (Å²) in [6.45, 7) is 1.13. The van der Waals surface area contributed by atoms with Crippen LogP contribution in [0.1, 0.15) is 48.4 Å². The number of hydrogen-bond acceptors (Lipinski definition) is 2. The molecule has 17 heavy (non-hydrogen) atoms. The third-order valence-electron chi connectivity index (χ3n) is 4.29. The van der Waals surface area contributed by atoms with Crippen molar-refractivity contribution in [1.29, 1.82) is 0 Å². The van der Waals surface area contributed by atoms with Crippen LogP contribution in [0.25, 0.3) is 0 Å². The van der Waals surface area contributed by atoms with E-state index in [1.165, 1.54) is 44.1 Å². The highest BCUT2D eigenvalue weighted by atomic mass is 15.0. The van der Waals surface area contributed by atoms with Gasteiger partial charge >= 0.3 is 0 Å². The fraction of sp³-hybridized carbons (Fsp3) is 0.600. The van der Waals surface area contributed by atoms with Crippen molar-refractivity contribution < 1.29 is 0 Å². The van der Waals surface area contributed by atoms with Gasteiger partial charge < -0.3 is 11.1 Å². The lowest BCUT2D eigenvalue weighted by Gasteiger charge is -2.23. The van der Waals surface area contributed by atoms with E-state index in [1.54, 1.807) is 11.1 Å². The van der Waals surface area contributed by atoms with Crippen molar-refractivity contribution in [2.24, 2.45) is 5.73 Å². The first kappa shape index (κ1) is 11.2. The first-order valence-electron chi connectivity index (χ1n) is 6.95. The Bertz CT molecular complexity index is 394. The van der Waals surface area contributed by atoms with E-state index in [2.05, 4.69) is 23.5 Å². The zero-order chi connectivity index (χ0) is 11.7. The van der Waals surface area contributed by atoms with Crippen molar-refractivity contribution in [2.75, 3.05) is 6.54 Å². The number of benzene rings is 1. The van der Waals surface area contributed by atoms with E-state index in [-0.39, 0.29) is 6.04 Å². The molecule has 1 aliphatic carbocycles. The fourth-order valence-corrected chi connectivity index (χ4v) is 3.21. The van der Waals surface area contributed by atoms with Gasteiger partial charge in [0.2, 0.25) is 0 Å². The Hall–Kier alpha value is -0.860. The summed E-state index contributed by atoms with van der Waals surface area (Å²) >= 11 is 0. The zero-order valence-electron chi connectivity index (χ0n) is 10.4. The quantitative estimate of drug-likeness (QED) is 0.818. The van der Waals surface area contributed by atoms with Crippen molar-refractivity contribution >= 4 is 0 Å². The molecule has 3 N–H and O–H groups in total. The summed E-state index contributed by atoms with van der Waals surface area (Å²) < 4.78 is 0. The van der Waals surface area contributed by atoms with Gasteiger partial charge in [0.25, 0.3) is 0 Å². The van der Waals surface area contributed by atoms with Gasteiger partial charge in [-0.1, -0.05) is 18.2 Å². The lowest BCUT2D eigenvalue weighted by Crippen LogP contribution is -2.34. The van der Waals surface area contributed by atoms with Crippen molar-refractivity contribution in [2.45, 2.75) is 50.6 Å². The normalized spacial score (nSPS) is 25.6. The second-order valence-electron chi connectivity index (χ2n) is 5.46. The van der Waals surface area contributed by atoms with Crippen LogP contribution >= 0.6 is 0 Å². The van der Waals surface area contributed by atoms with Gasteiger partial charge in [-0.05, 0) is 61.8 Å². The Morgan fingerprint density at radius 2 is 1.94 bits per heavy atom. The number of rotatable bonds is 2. The van der Waals surface area contributed by atoms with Crippen molar-refractivity contribution in [3.8, 4) is 0 Å². The van der Waals surface area contributed by atoms with E-state index in [0.717, 1.165) is 6.54 Å². The van der Waals surface area contributed by atoms with Crippen LogP contribution in [0, 0.1) is 0 Å². The van der Waals surface area contributed by atoms with Crippen molar-refractivity contribution in [3.63, 3.8) is 0 Å². The molecule has 0 saturated carbocycles. The standard InChI is InChI=1S/C15H22N2/c16-15(14-6-3-9-17-14)13-8-7-11-4-1-2-5-12(11)10-13/h7-8,10,14-15,17H,1-6,9,16H2. The second-order valence-corrected chi connectivity index (χ2v) is 5.46. The number of nitrogens with two attached hydrogens (primary N) is 1. The third-order valence-corrected chi connectivity index (χ3v) is 4.29. The van der Waals surface area contributed by atoms with Gasteiger partial charge in [-0.3, -0.25) is 0 Å². The summed E-state index contributed by atoms with van der Waals surface area (Å²) in [6, 6.07) is 7.56. The highest BCUT2D eigenvalue weighted by Crippen LogP contribution is 2.27. The molecule has 1 aromatic carbocycles. The van der Waals surface area contributed by atoms with E-state index >= 15 is 0 Å². The van der Waals surface area contributed by atoms with E-state index in [0.29, 0.717) is 6.04 Å². The smallest absolute Gasteiger partial charge is 0.0450 e. The molecule has 1 aromatic rings. The maximum absolute atomic E-state index is 6.37. The van der Waals surface area contributed by atoms with E-state index in [1.807, 2.05) is 0 Å². The van der Waals surface area contributed by atoms with Crippen LogP contribution in [-0.4, -0.2) is 12.6 Å². The molecule has 92 valence electrons. The van der Waals surface area contributed by atoms with Crippen LogP contribution < -0.4 is 11.1 Å². The molecule has 0 amide bonds. The molecule has 1 fully saturated rings. The maximum atomic E-state index is 6.37. The number of aryl methyl sites for hydroxylation is 2. The molecule has 1 saturated heterocycles. The largest absolute Gasteiger partial charge is 0.323 e. The van der Waals surface area contributed by atoms with Crippen LogP contribution in [0.3, 0.4) is 0 Å². The SMILES string of the molecule is NC(c1ccc2c(c1)CCCC2)C1CCCN1. The average Bonchev–Trinajstić information content (AvgIpc) is 2.91. The minimum atomic E-state index is 0.171. The third kappa shape index (κ3) is 2.24. The molecule has 0 bridgehead atoms. The molecule has 2 aliphatic rings. The topological polar surface area (TPSA) is 38.0 Å². The van der Waals surface area contributed by atoms with Gasteiger partial charge in [-0.15, -0.1) is 0 Å². The van der Waals surface area contributed by atoms with Gasteiger partial charge in [-0.25, -0.2) is 0 Å². The Labute approximate surface area is 104 Å². The Kier molecular flexibility index (Phi) is 3.17. The highest BCUT2D eigenvalue weighted by molar-refractivity contribution is 5.35. The van der Waals surface area contributed by atoms with Gasteiger partial charge in [0.1, 0.15) is 0 Å². The molecule has 2 atom stereocenters. The Morgan fingerprint density at radius 3 is 2.71 bits per heavy atom. The fourth-order valence-electron chi connectivity index (χ4n) is 3.21. The Balaban J connectivity index is 1.82. The molecule has 0 spiro atoms. The molecule has 1 aliphatic heterocycles. The van der Waals surface area contributed by atoms with E-state index in [4.69, 9.17) is 5.73 Å². The molecule has 0 aromatic heterocycles. The molecule has 0 radical (unpaired) electrons. The molecule has 3 rings (SSSR count). The minimum Gasteiger partial charge on any atom is -0.323 e. The van der Waals surface area contributed by atoms with E-state index in [9.17, 15) is 0 Å². The summed E-state index contributed by atoms with van der Waals surface area (Å²) in [7, 11) is 0. The lowest BCUT2D eigenvalue weighted by atomic mass is 9.88. The predicted molar refractivity (Wildman–Crippen MR) is 71.0 cm³/mol. The zero-order valence-corrected chi connectivity index (χ0v) is 10.4. The Morgan fingerprint density at radius 1 is 1.12 bits per heavy atom. The van der Waals surface area contributed by atoms with Crippen LogP contribution in [0.2, 0.25) is 0 Å². The second kappa shape index (κ2) is 4.79. The van der Waals surface area contributed by atoms with Crippen molar-refractivity contribution in [1.82, 2.24) is 5.32 Å². The van der Waals surface area contributed by atoms with Gasteiger partial charge in [0.15, 0.2) is 0 Å². The summed E-state index contributed by atoms with van der Waals surface area (Å²) in [5.41, 5.74) is 10.8. The summed E-state index contributed by atoms with van der Waals surface area (Å²) in [4.78, 5) is 0. The molecular weight excluding hydrogens is 208 g/mol. The van der Waals surface area contributed by atoms with Gasteiger partial charge in [0, 0.05) is 12.1 Å². The summed E-state index contributed by atoms with van der Waals surface area (Å²) in [6.07, 6.45) is 7.68. The van der Waals surface area contributed by atoms with Crippen LogP contribution in [0.15, 0.2) is 18.2 Å². The van der Waals surface area contributed by atoms with Crippen LogP contribution in [0.5, 0.6) is 0 Å². The predicted octanol–water partition coefficient (Wildman–Crippen LogP) is 2.32. The minimum absolute atomic E-state index is 0.171. The highest BCUT2D eigenvalue weighted by Gasteiger charge is 2.23. The maximum Gasteiger partial charge on any atom is 0.0450 e. The summed E-state index contributed by atoms with van der Waals surface area (Å²) in [5, 5.41) is 3.51. The average molecular weight is 230 g/mol. The number of fused-ring (bicyclic) bond motifs is 1. The molecule has 2 unspecified atom stereocenters. The van der Waals surface area contributed by atoms with Crippen molar-refractivity contribution in [3.05, 3.63) is 34.9 Å². The lowest BCUT2D eigenvalue weighted by molar-refractivity contribution is 0.500. The number of nitrogens with one attached hydrogen (secondary N) is 1. The first-order chi connectivity index (χ1) is 8.34. The van der Waals surface area contributed by atoms with Crippen LogP contribution in [0.4, 0.5) is 0 Å². The van der Waals surface area contributed by atoms with Gasteiger partial charge in [0.05, 0.1) is 0 Å².